The van der Waals surface area contributed by atoms with Crippen LogP contribution in [0.5, 0.6) is 11.5 Å². The molecule has 154 valence electrons. The molecule has 1 saturated heterocycles. The molecule has 1 aliphatic heterocycles. The largest absolute Gasteiger partial charge is 0.450 e. The minimum Gasteiger partial charge on any atom is -0.450 e. The van der Waals surface area contributed by atoms with E-state index in [9.17, 15) is 23.3 Å². The molecule has 2 aromatic carbocycles. The van der Waals surface area contributed by atoms with Crippen LogP contribution in [0, 0.1) is 10.1 Å². The van der Waals surface area contributed by atoms with E-state index < -0.39 is 20.6 Å². The van der Waals surface area contributed by atoms with Gasteiger partial charge >= 0.3 is 5.69 Å². The molecule has 1 fully saturated rings. The summed E-state index contributed by atoms with van der Waals surface area (Å²) in [7, 11) is -1.93. The summed E-state index contributed by atoms with van der Waals surface area (Å²) in [5.41, 5.74) is 0.0383. The van der Waals surface area contributed by atoms with Crippen molar-refractivity contribution in [3.63, 3.8) is 0 Å². The topological polar surface area (TPSA) is 110 Å². The fraction of sp³-hybridized carbons (Fsp3) is 0.316. The highest BCUT2D eigenvalue weighted by Crippen LogP contribution is 2.34. The van der Waals surface area contributed by atoms with Crippen LogP contribution in [0.25, 0.3) is 0 Å². The van der Waals surface area contributed by atoms with Gasteiger partial charge < -0.3 is 9.64 Å². The summed E-state index contributed by atoms with van der Waals surface area (Å²) in [5.74, 6) is 0.108. The second-order valence-corrected chi connectivity index (χ2v) is 8.71. The molecule has 0 atom stereocenters. The van der Waals surface area contributed by atoms with Crippen LogP contribution in [0.1, 0.15) is 17.3 Å². The number of ketones is 1. The zero-order chi connectivity index (χ0) is 21.2. The van der Waals surface area contributed by atoms with Gasteiger partial charge in [-0.2, -0.15) is 4.31 Å². The number of hydrogen-bond donors (Lipinski definition) is 0. The van der Waals surface area contributed by atoms with E-state index in [4.69, 9.17) is 4.74 Å². The van der Waals surface area contributed by atoms with E-state index in [1.807, 2.05) is 11.9 Å². The van der Waals surface area contributed by atoms with Crippen molar-refractivity contribution in [3.8, 4) is 11.5 Å². The van der Waals surface area contributed by atoms with Crippen LogP contribution in [0.4, 0.5) is 5.69 Å². The summed E-state index contributed by atoms with van der Waals surface area (Å²) in [6.07, 6.45) is 0. The first-order valence-electron chi connectivity index (χ1n) is 8.94. The first kappa shape index (κ1) is 20.9. The van der Waals surface area contributed by atoms with Gasteiger partial charge in [-0.05, 0) is 50.4 Å². The number of benzene rings is 2. The molecule has 0 bridgehead atoms. The van der Waals surface area contributed by atoms with Crippen LogP contribution in [-0.2, 0) is 10.0 Å². The van der Waals surface area contributed by atoms with Gasteiger partial charge in [0, 0.05) is 37.8 Å². The molecule has 0 amide bonds. The van der Waals surface area contributed by atoms with E-state index in [0.717, 1.165) is 6.07 Å². The molecule has 2 aromatic rings. The Labute approximate surface area is 168 Å². The predicted octanol–water partition coefficient (Wildman–Crippen LogP) is 2.53. The lowest BCUT2D eigenvalue weighted by Crippen LogP contribution is -2.47. The third kappa shape index (κ3) is 4.61. The Balaban J connectivity index is 1.89. The van der Waals surface area contributed by atoms with Gasteiger partial charge in [0.1, 0.15) is 5.75 Å². The van der Waals surface area contributed by atoms with Crippen molar-refractivity contribution in [3.05, 3.63) is 58.1 Å². The monoisotopic (exact) mass is 419 g/mol. The fourth-order valence-corrected chi connectivity index (χ4v) is 4.39. The highest BCUT2D eigenvalue weighted by atomic mass is 32.2. The fourth-order valence-electron chi connectivity index (χ4n) is 2.95. The van der Waals surface area contributed by atoms with E-state index in [1.54, 1.807) is 12.1 Å². The lowest BCUT2D eigenvalue weighted by atomic mass is 10.1. The Bertz CT molecular complexity index is 1030. The van der Waals surface area contributed by atoms with Crippen LogP contribution in [-0.4, -0.2) is 61.6 Å². The molecule has 29 heavy (non-hydrogen) atoms. The van der Waals surface area contributed by atoms with Gasteiger partial charge in [0.2, 0.25) is 15.8 Å². The molecule has 0 saturated carbocycles. The predicted molar refractivity (Wildman–Crippen MR) is 106 cm³/mol. The second kappa shape index (κ2) is 8.27. The molecule has 3 rings (SSSR count). The smallest absolute Gasteiger partial charge is 0.312 e. The number of carbonyl (C=O) groups excluding carboxylic acids is 1. The first-order valence-corrected chi connectivity index (χ1v) is 10.4. The number of nitro benzene ring substituents is 1. The molecule has 0 radical (unpaired) electrons. The normalized spacial score (nSPS) is 15.8. The van der Waals surface area contributed by atoms with Crippen molar-refractivity contribution in [2.75, 3.05) is 33.2 Å². The van der Waals surface area contributed by atoms with Gasteiger partial charge in [0.25, 0.3) is 0 Å². The first-order chi connectivity index (χ1) is 13.7. The van der Waals surface area contributed by atoms with Gasteiger partial charge in [-0.25, -0.2) is 8.42 Å². The molecule has 1 aliphatic rings. The quantitative estimate of drug-likeness (QED) is 0.402. The zero-order valence-electron chi connectivity index (χ0n) is 16.1. The lowest BCUT2D eigenvalue weighted by Gasteiger charge is -2.31. The number of carbonyl (C=O) groups is 1. The summed E-state index contributed by atoms with van der Waals surface area (Å²) in [6, 6.07) is 9.75. The molecule has 0 N–H and O–H groups in total. The summed E-state index contributed by atoms with van der Waals surface area (Å²) >= 11 is 0. The van der Waals surface area contributed by atoms with E-state index in [1.165, 1.54) is 35.5 Å². The SMILES string of the molecule is CC(=O)c1ccc(Oc2ccc(S(=O)(=O)N3CCN(C)CC3)cc2[N+](=O)[O-])cc1. The van der Waals surface area contributed by atoms with Crippen molar-refractivity contribution < 1.29 is 22.9 Å². The third-order valence-electron chi connectivity index (χ3n) is 4.72. The number of rotatable bonds is 6. The van der Waals surface area contributed by atoms with Gasteiger partial charge in [0.15, 0.2) is 5.78 Å². The molecule has 1 heterocycles. The average Bonchev–Trinajstić information content (AvgIpc) is 2.68. The number of nitro groups is 1. The third-order valence-corrected chi connectivity index (χ3v) is 6.61. The Kier molecular flexibility index (Phi) is 5.96. The zero-order valence-corrected chi connectivity index (χ0v) is 16.9. The molecular formula is C19H21N3O6S. The van der Waals surface area contributed by atoms with Crippen molar-refractivity contribution in [1.82, 2.24) is 9.21 Å². The van der Waals surface area contributed by atoms with Crippen molar-refractivity contribution in [2.24, 2.45) is 0 Å². The summed E-state index contributed by atoms with van der Waals surface area (Å²) in [6.45, 7) is 3.28. The van der Waals surface area contributed by atoms with Crippen LogP contribution in [0.15, 0.2) is 47.4 Å². The maximum Gasteiger partial charge on any atom is 0.312 e. The molecule has 10 heteroatoms. The number of Topliss-reactive ketones (excluding diaryl/α,β-unsaturated/α-hetero) is 1. The maximum absolute atomic E-state index is 12.9. The summed E-state index contributed by atoms with van der Waals surface area (Å²) in [4.78, 5) is 24.1. The average molecular weight is 419 g/mol. The van der Waals surface area contributed by atoms with Crippen LogP contribution in [0.3, 0.4) is 0 Å². The minimum absolute atomic E-state index is 0.0806. The van der Waals surface area contributed by atoms with E-state index in [-0.39, 0.29) is 16.4 Å². The molecule has 9 nitrogen and oxygen atoms in total. The van der Waals surface area contributed by atoms with Crippen LogP contribution >= 0.6 is 0 Å². The Morgan fingerprint density at radius 1 is 1.07 bits per heavy atom. The van der Waals surface area contributed by atoms with Crippen molar-refractivity contribution in [1.29, 1.82) is 0 Å². The highest BCUT2D eigenvalue weighted by molar-refractivity contribution is 7.89. The van der Waals surface area contributed by atoms with E-state index in [0.29, 0.717) is 37.5 Å². The number of piperazine rings is 1. The van der Waals surface area contributed by atoms with Crippen molar-refractivity contribution >= 4 is 21.5 Å². The molecule has 0 spiro atoms. The van der Waals surface area contributed by atoms with Gasteiger partial charge in [0.05, 0.1) is 9.82 Å². The molecule has 0 aliphatic carbocycles. The number of ether oxygens (including phenoxy) is 1. The van der Waals surface area contributed by atoms with Crippen LogP contribution < -0.4 is 4.74 Å². The summed E-state index contributed by atoms with van der Waals surface area (Å²) < 4.78 is 32.6. The van der Waals surface area contributed by atoms with Gasteiger partial charge in [-0.3, -0.25) is 14.9 Å². The molecular weight excluding hydrogens is 398 g/mol. The second-order valence-electron chi connectivity index (χ2n) is 6.78. The highest BCUT2D eigenvalue weighted by Gasteiger charge is 2.30. The number of nitrogens with zero attached hydrogens (tertiary/aromatic N) is 3. The number of hydrogen-bond acceptors (Lipinski definition) is 7. The molecule has 0 unspecified atom stereocenters. The Morgan fingerprint density at radius 3 is 2.24 bits per heavy atom. The lowest BCUT2D eigenvalue weighted by molar-refractivity contribution is -0.385. The van der Waals surface area contributed by atoms with Crippen LogP contribution in [0.2, 0.25) is 0 Å². The number of likely N-dealkylation sites (N-methyl/N-ethyl adjacent to an activating group) is 1. The van der Waals surface area contributed by atoms with Gasteiger partial charge in [-0.15, -0.1) is 0 Å². The molecule has 0 aromatic heterocycles. The standard InChI is InChI=1S/C19H21N3O6S/c1-14(23)15-3-5-16(6-4-15)28-19-8-7-17(13-18(19)22(24)25)29(26,27)21-11-9-20(2)10-12-21/h3-8,13H,9-12H2,1-2H3. The van der Waals surface area contributed by atoms with Crippen molar-refractivity contribution in [2.45, 2.75) is 11.8 Å². The minimum atomic E-state index is -3.84. The maximum atomic E-state index is 12.9. The Hall–Kier alpha value is -2.82. The van der Waals surface area contributed by atoms with E-state index in [2.05, 4.69) is 0 Å². The summed E-state index contributed by atoms with van der Waals surface area (Å²) in [5, 5.41) is 11.5. The number of sulfonamides is 1. The Morgan fingerprint density at radius 2 is 1.69 bits per heavy atom. The van der Waals surface area contributed by atoms with E-state index >= 15 is 0 Å². The van der Waals surface area contributed by atoms with Gasteiger partial charge in [-0.1, -0.05) is 0 Å².